The topological polar surface area (TPSA) is 74.7 Å². The number of sulfonamides is 1. The van der Waals surface area contributed by atoms with E-state index >= 15 is 0 Å². The first-order chi connectivity index (χ1) is 9.25. The minimum Gasteiger partial charge on any atom is -0.478 e. The Bertz CT molecular complexity index is 656. The quantitative estimate of drug-likeness (QED) is 0.921. The molecule has 0 atom stereocenters. The van der Waals surface area contributed by atoms with Crippen LogP contribution in [0.3, 0.4) is 0 Å². The summed E-state index contributed by atoms with van der Waals surface area (Å²) in [6.45, 7) is 0. The summed E-state index contributed by atoms with van der Waals surface area (Å²) in [5.41, 5.74) is -0.607. The van der Waals surface area contributed by atoms with Crippen LogP contribution in [0.15, 0.2) is 17.0 Å². The number of halogens is 2. The van der Waals surface area contributed by atoms with Gasteiger partial charge >= 0.3 is 5.97 Å². The molecule has 0 unspecified atom stereocenters. The second kappa shape index (κ2) is 5.10. The van der Waals surface area contributed by atoms with Gasteiger partial charge in [-0.3, -0.25) is 0 Å². The van der Waals surface area contributed by atoms with Crippen molar-refractivity contribution in [3.63, 3.8) is 0 Å². The molecule has 0 aromatic heterocycles. The molecule has 1 aromatic carbocycles. The van der Waals surface area contributed by atoms with Crippen LogP contribution in [0, 0.1) is 11.6 Å². The number of aromatic carboxylic acids is 1. The smallest absolute Gasteiger partial charge is 0.335 e. The van der Waals surface area contributed by atoms with Crippen molar-refractivity contribution >= 4 is 16.0 Å². The molecule has 0 aliphatic heterocycles. The number of hydrogen-bond acceptors (Lipinski definition) is 3. The summed E-state index contributed by atoms with van der Waals surface area (Å²) >= 11 is 0. The van der Waals surface area contributed by atoms with Gasteiger partial charge in [0.15, 0.2) is 11.6 Å². The highest BCUT2D eigenvalue weighted by Gasteiger charge is 2.34. The Morgan fingerprint density at radius 1 is 1.35 bits per heavy atom. The summed E-state index contributed by atoms with van der Waals surface area (Å²) in [4.78, 5) is 9.88. The van der Waals surface area contributed by atoms with E-state index in [-0.39, 0.29) is 6.04 Å². The van der Waals surface area contributed by atoms with Crippen molar-refractivity contribution in [2.75, 3.05) is 7.05 Å². The molecule has 0 heterocycles. The SMILES string of the molecule is CN(C1CCC1)S(=O)(=O)c1cc(C(=O)O)cc(F)c1F. The van der Waals surface area contributed by atoms with E-state index in [2.05, 4.69) is 0 Å². The van der Waals surface area contributed by atoms with Crippen LogP contribution in [-0.2, 0) is 10.0 Å². The van der Waals surface area contributed by atoms with E-state index in [1.807, 2.05) is 0 Å². The number of carboxylic acid groups (broad SMARTS) is 1. The van der Waals surface area contributed by atoms with Crippen molar-refractivity contribution < 1.29 is 27.1 Å². The highest BCUT2D eigenvalue weighted by Crippen LogP contribution is 2.30. The van der Waals surface area contributed by atoms with Gasteiger partial charge in [-0.2, -0.15) is 4.31 Å². The van der Waals surface area contributed by atoms with E-state index in [0.717, 1.165) is 10.7 Å². The highest BCUT2D eigenvalue weighted by molar-refractivity contribution is 7.89. The summed E-state index contributed by atoms with van der Waals surface area (Å²) < 4.78 is 52.5. The molecule has 0 saturated heterocycles. The zero-order valence-electron chi connectivity index (χ0n) is 10.6. The zero-order valence-corrected chi connectivity index (χ0v) is 11.5. The average molecular weight is 305 g/mol. The maximum absolute atomic E-state index is 13.7. The van der Waals surface area contributed by atoms with Crippen LogP contribution < -0.4 is 0 Å². The molecule has 1 aromatic rings. The number of nitrogens with zero attached hydrogens (tertiary/aromatic N) is 1. The molecule has 1 saturated carbocycles. The number of rotatable bonds is 4. The van der Waals surface area contributed by atoms with Crippen molar-refractivity contribution in [2.45, 2.75) is 30.2 Å². The van der Waals surface area contributed by atoms with E-state index in [1.165, 1.54) is 7.05 Å². The van der Waals surface area contributed by atoms with Gasteiger partial charge in [-0.05, 0) is 25.0 Å². The lowest BCUT2D eigenvalue weighted by atomic mass is 9.94. The molecule has 1 aliphatic carbocycles. The van der Waals surface area contributed by atoms with E-state index in [9.17, 15) is 22.0 Å². The van der Waals surface area contributed by atoms with Gasteiger partial charge in [-0.1, -0.05) is 6.42 Å². The summed E-state index contributed by atoms with van der Waals surface area (Å²) in [5, 5.41) is 8.80. The van der Waals surface area contributed by atoms with Gasteiger partial charge in [0.05, 0.1) is 5.56 Å². The van der Waals surface area contributed by atoms with Crippen LogP contribution >= 0.6 is 0 Å². The molecule has 2 rings (SSSR count). The van der Waals surface area contributed by atoms with Gasteiger partial charge in [0, 0.05) is 13.1 Å². The third kappa shape index (κ3) is 2.40. The fourth-order valence-electron chi connectivity index (χ4n) is 1.98. The van der Waals surface area contributed by atoms with Gasteiger partial charge in [-0.25, -0.2) is 22.0 Å². The maximum Gasteiger partial charge on any atom is 0.335 e. The van der Waals surface area contributed by atoms with E-state index < -0.39 is 38.1 Å². The summed E-state index contributed by atoms with van der Waals surface area (Å²) in [5.74, 6) is -4.57. The second-order valence-electron chi connectivity index (χ2n) is 4.68. The molecule has 1 N–H and O–H groups in total. The van der Waals surface area contributed by atoms with Crippen LogP contribution in [0.4, 0.5) is 8.78 Å². The van der Waals surface area contributed by atoms with Crippen LogP contribution in [-0.4, -0.2) is 36.9 Å². The third-order valence-corrected chi connectivity index (χ3v) is 5.40. The Morgan fingerprint density at radius 2 is 1.95 bits per heavy atom. The van der Waals surface area contributed by atoms with Crippen LogP contribution in [0.25, 0.3) is 0 Å². The Hall–Kier alpha value is -1.54. The first-order valence-corrected chi connectivity index (χ1v) is 7.39. The van der Waals surface area contributed by atoms with Gasteiger partial charge in [-0.15, -0.1) is 0 Å². The summed E-state index contributed by atoms with van der Waals surface area (Å²) in [6.07, 6.45) is 2.17. The Morgan fingerprint density at radius 3 is 2.40 bits per heavy atom. The normalized spacial score (nSPS) is 16.2. The van der Waals surface area contributed by atoms with Gasteiger partial charge in [0.25, 0.3) is 0 Å². The molecular formula is C12H13F2NO4S. The predicted molar refractivity (Wildman–Crippen MR) is 65.9 cm³/mol. The molecule has 1 fully saturated rings. The lowest BCUT2D eigenvalue weighted by Gasteiger charge is -2.33. The fourth-order valence-corrected chi connectivity index (χ4v) is 3.49. The highest BCUT2D eigenvalue weighted by atomic mass is 32.2. The fraction of sp³-hybridized carbons (Fsp3) is 0.417. The van der Waals surface area contributed by atoms with E-state index in [4.69, 9.17) is 5.11 Å². The Balaban J connectivity index is 2.52. The summed E-state index contributed by atoms with van der Waals surface area (Å²) in [6, 6.07) is 0.849. The number of carbonyl (C=O) groups is 1. The van der Waals surface area contributed by atoms with Crippen LogP contribution in [0.2, 0.25) is 0 Å². The van der Waals surface area contributed by atoms with Crippen molar-refractivity contribution in [3.8, 4) is 0 Å². The predicted octanol–water partition coefficient (Wildman–Crippen LogP) is 1.84. The molecule has 110 valence electrons. The zero-order chi connectivity index (χ0) is 15.1. The van der Waals surface area contributed by atoms with Gasteiger partial charge in [0.1, 0.15) is 4.90 Å². The number of carboxylic acids is 1. The van der Waals surface area contributed by atoms with Crippen LogP contribution in [0.1, 0.15) is 29.6 Å². The molecule has 5 nitrogen and oxygen atoms in total. The van der Waals surface area contributed by atoms with Crippen molar-refractivity contribution in [2.24, 2.45) is 0 Å². The molecule has 0 spiro atoms. The minimum absolute atomic E-state index is 0.254. The number of hydrogen-bond donors (Lipinski definition) is 1. The molecule has 0 amide bonds. The molecule has 1 aliphatic rings. The monoisotopic (exact) mass is 305 g/mol. The maximum atomic E-state index is 13.7. The largest absolute Gasteiger partial charge is 0.478 e. The average Bonchev–Trinajstić information content (AvgIpc) is 2.29. The third-order valence-electron chi connectivity index (χ3n) is 3.49. The van der Waals surface area contributed by atoms with Gasteiger partial charge in [0.2, 0.25) is 10.0 Å². The molecule has 8 heteroatoms. The molecule has 0 radical (unpaired) electrons. The summed E-state index contributed by atoms with van der Waals surface area (Å²) in [7, 11) is -2.97. The molecule has 20 heavy (non-hydrogen) atoms. The lowest BCUT2D eigenvalue weighted by Crippen LogP contribution is -2.41. The van der Waals surface area contributed by atoms with E-state index in [1.54, 1.807) is 0 Å². The second-order valence-corrected chi connectivity index (χ2v) is 6.65. The van der Waals surface area contributed by atoms with Gasteiger partial charge < -0.3 is 5.11 Å². The Labute approximate surface area is 114 Å². The molecular weight excluding hydrogens is 292 g/mol. The first kappa shape index (κ1) is 14.9. The van der Waals surface area contributed by atoms with Crippen molar-refractivity contribution in [1.82, 2.24) is 4.31 Å². The lowest BCUT2D eigenvalue weighted by molar-refractivity contribution is 0.0696. The molecule has 0 bridgehead atoms. The van der Waals surface area contributed by atoms with E-state index in [0.29, 0.717) is 25.0 Å². The van der Waals surface area contributed by atoms with Crippen molar-refractivity contribution in [1.29, 1.82) is 0 Å². The standard InChI is InChI=1S/C12H13F2NO4S/c1-15(8-3-2-4-8)20(18,19)10-6-7(12(16)17)5-9(13)11(10)14/h5-6,8H,2-4H2,1H3,(H,16,17). The van der Waals surface area contributed by atoms with Crippen molar-refractivity contribution in [3.05, 3.63) is 29.3 Å². The van der Waals surface area contributed by atoms with Crippen LogP contribution in [0.5, 0.6) is 0 Å². The Kier molecular flexibility index (Phi) is 3.79. The minimum atomic E-state index is -4.25. The first-order valence-electron chi connectivity index (χ1n) is 5.95. The number of benzene rings is 1.